The van der Waals surface area contributed by atoms with Crippen LogP contribution in [-0.4, -0.2) is 0 Å². The molecule has 1 aliphatic rings. The van der Waals surface area contributed by atoms with Gasteiger partial charge in [-0.15, -0.1) is 0 Å². The Labute approximate surface area is 98.4 Å². The topological polar surface area (TPSA) is 0 Å². The molecule has 0 aliphatic heterocycles. The van der Waals surface area contributed by atoms with E-state index in [-0.39, 0.29) is 0 Å². The van der Waals surface area contributed by atoms with Crippen molar-refractivity contribution in [3.05, 3.63) is 84.6 Å². The Balaban J connectivity index is 3.18. The van der Waals surface area contributed by atoms with Gasteiger partial charge in [-0.3, -0.25) is 0 Å². The molecule has 0 aromatic carbocycles. The van der Waals surface area contributed by atoms with E-state index < -0.39 is 0 Å². The highest BCUT2D eigenvalue weighted by Gasteiger charge is 2.02. The van der Waals surface area contributed by atoms with E-state index in [1.165, 1.54) is 0 Å². The molecular weight excluding hydrogens is 192 g/mol. The van der Waals surface area contributed by atoms with Crippen molar-refractivity contribution in [2.24, 2.45) is 0 Å². The highest BCUT2D eigenvalue weighted by atomic mass is 14.1. The van der Waals surface area contributed by atoms with Gasteiger partial charge in [0.15, 0.2) is 0 Å². The van der Waals surface area contributed by atoms with Crippen molar-refractivity contribution in [2.75, 3.05) is 0 Å². The van der Waals surface area contributed by atoms with Gasteiger partial charge < -0.3 is 0 Å². The molecule has 0 saturated carbocycles. The summed E-state index contributed by atoms with van der Waals surface area (Å²) < 4.78 is 0. The summed E-state index contributed by atoms with van der Waals surface area (Å²) >= 11 is 0. The molecular formula is C16H18. The van der Waals surface area contributed by atoms with Crippen LogP contribution in [0.15, 0.2) is 84.6 Å². The second kappa shape index (κ2) is 6.62. The summed E-state index contributed by atoms with van der Waals surface area (Å²) in [5.74, 6) is 0. The molecule has 0 atom stereocenters. The first-order valence-electron chi connectivity index (χ1n) is 5.48. The van der Waals surface area contributed by atoms with E-state index in [0.29, 0.717) is 0 Å². The SMILES string of the molecule is C=C/C=C1/C=C/C/C=C\C=C/C(=C)/C1=C/C. The minimum Gasteiger partial charge on any atom is -0.0990 e. The van der Waals surface area contributed by atoms with E-state index in [2.05, 4.69) is 37.5 Å². The van der Waals surface area contributed by atoms with Crippen LogP contribution in [0, 0.1) is 0 Å². The van der Waals surface area contributed by atoms with Crippen molar-refractivity contribution in [1.82, 2.24) is 0 Å². The maximum Gasteiger partial charge on any atom is -0.0160 e. The van der Waals surface area contributed by atoms with Crippen molar-refractivity contribution in [3.8, 4) is 0 Å². The Hall–Kier alpha value is -1.82. The molecule has 0 N–H and O–H groups in total. The predicted molar refractivity (Wildman–Crippen MR) is 73.2 cm³/mol. The lowest BCUT2D eigenvalue weighted by Gasteiger charge is -2.08. The van der Waals surface area contributed by atoms with Gasteiger partial charge in [-0.1, -0.05) is 67.8 Å². The first kappa shape index (κ1) is 12.3. The molecule has 82 valence electrons. The minimum absolute atomic E-state index is 0.947. The van der Waals surface area contributed by atoms with Crippen LogP contribution in [0.2, 0.25) is 0 Å². The zero-order valence-electron chi connectivity index (χ0n) is 9.82. The van der Waals surface area contributed by atoms with Gasteiger partial charge in [-0.25, -0.2) is 0 Å². The third kappa shape index (κ3) is 3.39. The quantitative estimate of drug-likeness (QED) is 0.589. The third-order valence-corrected chi connectivity index (χ3v) is 2.36. The first-order chi connectivity index (χ1) is 7.79. The maximum atomic E-state index is 4.07. The van der Waals surface area contributed by atoms with E-state index in [0.717, 1.165) is 23.1 Å². The fraction of sp³-hybridized carbons (Fsp3) is 0.125. The van der Waals surface area contributed by atoms with E-state index in [9.17, 15) is 0 Å². The monoisotopic (exact) mass is 210 g/mol. The van der Waals surface area contributed by atoms with E-state index >= 15 is 0 Å². The van der Waals surface area contributed by atoms with Crippen molar-refractivity contribution in [1.29, 1.82) is 0 Å². The van der Waals surface area contributed by atoms with Crippen LogP contribution in [0.25, 0.3) is 0 Å². The summed E-state index contributed by atoms with van der Waals surface area (Å²) in [5.41, 5.74) is 3.33. The van der Waals surface area contributed by atoms with E-state index in [1.54, 1.807) is 0 Å². The summed E-state index contributed by atoms with van der Waals surface area (Å²) in [4.78, 5) is 0. The fourth-order valence-corrected chi connectivity index (χ4v) is 1.59. The minimum atomic E-state index is 0.947. The Kier molecular flexibility index (Phi) is 5.07. The molecule has 0 heteroatoms. The molecule has 0 aromatic heterocycles. The molecule has 0 spiro atoms. The van der Waals surface area contributed by atoms with Gasteiger partial charge in [-0.2, -0.15) is 0 Å². The molecule has 0 amide bonds. The molecule has 1 aliphatic carbocycles. The lowest BCUT2D eigenvalue weighted by molar-refractivity contribution is 1.35. The van der Waals surface area contributed by atoms with Crippen molar-refractivity contribution >= 4 is 0 Å². The van der Waals surface area contributed by atoms with Gasteiger partial charge in [0.05, 0.1) is 0 Å². The van der Waals surface area contributed by atoms with Gasteiger partial charge >= 0.3 is 0 Å². The zero-order chi connectivity index (χ0) is 11.8. The normalized spacial score (nSPS) is 27.7. The Bertz CT molecular complexity index is 409. The molecule has 0 unspecified atom stereocenters. The summed E-state index contributed by atoms with van der Waals surface area (Å²) in [6, 6.07) is 0. The third-order valence-electron chi connectivity index (χ3n) is 2.36. The average molecular weight is 210 g/mol. The first-order valence-corrected chi connectivity index (χ1v) is 5.48. The Morgan fingerprint density at radius 2 is 2.00 bits per heavy atom. The zero-order valence-corrected chi connectivity index (χ0v) is 9.82. The second-order valence-electron chi connectivity index (χ2n) is 3.51. The van der Waals surface area contributed by atoms with Crippen molar-refractivity contribution in [3.63, 3.8) is 0 Å². The Morgan fingerprint density at radius 3 is 2.69 bits per heavy atom. The highest BCUT2D eigenvalue weighted by molar-refractivity contribution is 5.55. The number of allylic oxidation sites excluding steroid dienone is 12. The summed E-state index contributed by atoms with van der Waals surface area (Å²) in [6.07, 6.45) is 19.3. The van der Waals surface area contributed by atoms with Gasteiger partial charge in [0.2, 0.25) is 0 Å². The van der Waals surface area contributed by atoms with Crippen LogP contribution in [0.5, 0.6) is 0 Å². The van der Waals surface area contributed by atoms with Crippen LogP contribution in [0.1, 0.15) is 13.3 Å². The number of hydrogen-bond acceptors (Lipinski definition) is 0. The van der Waals surface area contributed by atoms with Crippen LogP contribution < -0.4 is 0 Å². The van der Waals surface area contributed by atoms with Crippen molar-refractivity contribution < 1.29 is 0 Å². The molecule has 0 aromatic rings. The number of hydrogen-bond donors (Lipinski definition) is 0. The smallest absolute Gasteiger partial charge is 0.0160 e. The molecule has 16 heavy (non-hydrogen) atoms. The van der Waals surface area contributed by atoms with Gasteiger partial charge in [0.1, 0.15) is 0 Å². The van der Waals surface area contributed by atoms with Crippen LogP contribution in [0.4, 0.5) is 0 Å². The van der Waals surface area contributed by atoms with Gasteiger partial charge in [-0.05, 0) is 30.1 Å². The van der Waals surface area contributed by atoms with Crippen LogP contribution in [-0.2, 0) is 0 Å². The predicted octanol–water partition coefficient (Wildman–Crippen LogP) is 4.67. The average Bonchev–Trinajstić information content (AvgIpc) is 2.28. The largest absolute Gasteiger partial charge is 0.0990 e. The van der Waals surface area contributed by atoms with Crippen LogP contribution in [0.3, 0.4) is 0 Å². The molecule has 1 rings (SSSR count). The summed E-state index contributed by atoms with van der Waals surface area (Å²) in [5, 5.41) is 0. The summed E-state index contributed by atoms with van der Waals surface area (Å²) in [6.45, 7) is 9.85. The number of rotatable bonds is 1. The molecule has 0 saturated heterocycles. The standard InChI is InChI=1S/C16H18/c1-4-11-15-13-10-8-6-7-9-12-14(3)16(15)5-2/h4-7,9-13H,1,3,8H2,2H3/b7-6-,12-9-,13-10+,15-11-,16-5-. The van der Waals surface area contributed by atoms with E-state index in [4.69, 9.17) is 0 Å². The Morgan fingerprint density at radius 1 is 1.19 bits per heavy atom. The molecule has 0 bridgehead atoms. The fourth-order valence-electron chi connectivity index (χ4n) is 1.59. The van der Waals surface area contributed by atoms with Crippen LogP contribution >= 0.6 is 0 Å². The van der Waals surface area contributed by atoms with Gasteiger partial charge in [0, 0.05) is 0 Å². The highest BCUT2D eigenvalue weighted by Crippen LogP contribution is 2.21. The van der Waals surface area contributed by atoms with E-state index in [1.807, 2.05) is 37.3 Å². The molecule has 0 nitrogen and oxygen atoms in total. The second-order valence-corrected chi connectivity index (χ2v) is 3.51. The van der Waals surface area contributed by atoms with Gasteiger partial charge in [0.25, 0.3) is 0 Å². The molecule has 0 radical (unpaired) electrons. The summed E-state index contributed by atoms with van der Waals surface area (Å²) in [7, 11) is 0. The lowest BCUT2D eigenvalue weighted by Crippen LogP contribution is -1.89. The molecule has 0 heterocycles. The molecule has 0 fully saturated rings. The maximum absolute atomic E-state index is 4.07. The van der Waals surface area contributed by atoms with Crippen molar-refractivity contribution in [2.45, 2.75) is 13.3 Å². The lowest BCUT2D eigenvalue weighted by atomic mass is 9.96.